The van der Waals surface area contributed by atoms with Crippen molar-refractivity contribution < 1.29 is 4.74 Å². The molecular weight excluding hydrogens is 424 g/mol. The number of halogens is 3. The van der Waals surface area contributed by atoms with Crippen LogP contribution >= 0.6 is 47.8 Å². The Kier molecular flexibility index (Phi) is 6.02. The molecule has 0 spiro atoms. The van der Waals surface area contributed by atoms with E-state index in [1.165, 1.54) is 37.7 Å². The van der Waals surface area contributed by atoms with Gasteiger partial charge in [-0.05, 0) is 68.3 Å². The van der Waals surface area contributed by atoms with Crippen LogP contribution in [-0.4, -0.2) is 6.61 Å². The summed E-state index contributed by atoms with van der Waals surface area (Å²) in [4.78, 5) is 0. The molecule has 1 fully saturated rings. The highest BCUT2D eigenvalue weighted by Gasteiger charge is 2.16. The Balaban J connectivity index is 2.00. The fourth-order valence-corrected chi connectivity index (χ4v) is 4.22. The predicted octanol–water partition coefficient (Wildman–Crippen LogP) is 6.07. The van der Waals surface area contributed by atoms with Gasteiger partial charge in [0.2, 0.25) is 0 Å². The van der Waals surface area contributed by atoms with Crippen LogP contribution in [-0.2, 0) is 5.33 Å². The lowest BCUT2D eigenvalue weighted by Crippen LogP contribution is -2.15. The van der Waals surface area contributed by atoms with Crippen molar-refractivity contribution in [3.05, 3.63) is 26.6 Å². The molecule has 0 aromatic heterocycles. The van der Waals surface area contributed by atoms with Gasteiger partial charge in [-0.2, -0.15) is 0 Å². The number of hydrogen-bond donors (Lipinski definition) is 0. The molecule has 4 heteroatoms. The maximum Gasteiger partial charge on any atom is 0.147 e. The van der Waals surface area contributed by atoms with E-state index in [-0.39, 0.29) is 0 Å². The average Bonchev–Trinajstić information content (AvgIpc) is 2.38. The quantitative estimate of drug-likeness (QED) is 0.516. The standard InChI is InChI=1S/C14H17Br3O/c15-8-11-6-12(16)14(13(17)7-11)18-9-10-4-2-1-3-5-10/h6-7,10H,1-5,8-9H2. The van der Waals surface area contributed by atoms with Gasteiger partial charge in [0.15, 0.2) is 0 Å². The monoisotopic (exact) mass is 438 g/mol. The molecule has 0 radical (unpaired) electrons. The van der Waals surface area contributed by atoms with Gasteiger partial charge >= 0.3 is 0 Å². The number of alkyl halides is 1. The lowest BCUT2D eigenvalue weighted by atomic mass is 9.90. The largest absolute Gasteiger partial charge is 0.491 e. The van der Waals surface area contributed by atoms with Crippen molar-refractivity contribution in [3.63, 3.8) is 0 Å². The Morgan fingerprint density at radius 1 is 1.06 bits per heavy atom. The minimum absolute atomic E-state index is 0.730. The first kappa shape index (κ1) is 14.9. The van der Waals surface area contributed by atoms with Gasteiger partial charge in [-0.25, -0.2) is 0 Å². The van der Waals surface area contributed by atoms with Gasteiger partial charge in [0.25, 0.3) is 0 Å². The molecule has 0 amide bonds. The van der Waals surface area contributed by atoms with E-state index < -0.39 is 0 Å². The van der Waals surface area contributed by atoms with E-state index in [2.05, 4.69) is 59.9 Å². The van der Waals surface area contributed by atoms with Gasteiger partial charge < -0.3 is 4.74 Å². The molecule has 18 heavy (non-hydrogen) atoms. The molecule has 1 aromatic carbocycles. The normalized spacial score (nSPS) is 16.8. The Hall–Kier alpha value is 0.460. The topological polar surface area (TPSA) is 9.23 Å². The van der Waals surface area contributed by atoms with Gasteiger partial charge in [-0.1, -0.05) is 35.2 Å². The van der Waals surface area contributed by atoms with Crippen LogP contribution in [0.3, 0.4) is 0 Å². The smallest absolute Gasteiger partial charge is 0.147 e. The van der Waals surface area contributed by atoms with E-state index in [0.29, 0.717) is 0 Å². The van der Waals surface area contributed by atoms with Crippen LogP contribution in [0.25, 0.3) is 0 Å². The summed E-state index contributed by atoms with van der Waals surface area (Å²) in [5, 5.41) is 0.854. The molecule has 0 atom stereocenters. The Morgan fingerprint density at radius 2 is 1.67 bits per heavy atom. The molecule has 0 heterocycles. The summed E-state index contributed by atoms with van der Waals surface area (Å²) in [6.45, 7) is 0.838. The molecule has 0 N–H and O–H groups in total. The summed E-state index contributed by atoms with van der Waals surface area (Å²) in [6, 6.07) is 4.21. The second-order valence-corrected chi connectivity index (χ2v) is 7.11. The first-order valence-electron chi connectivity index (χ1n) is 6.37. The highest BCUT2D eigenvalue weighted by Crippen LogP contribution is 2.36. The first-order chi connectivity index (χ1) is 8.70. The molecule has 0 aliphatic heterocycles. The predicted molar refractivity (Wildman–Crippen MR) is 86.5 cm³/mol. The van der Waals surface area contributed by atoms with Crippen molar-refractivity contribution in [1.29, 1.82) is 0 Å². The van der Waals surface area contributed by atoms with Crippen molar-refractivity contribution in [2.75, 3.05) is 6.61 Å². The summed E-state index contributed by atoms with van der Waals surface area (Å²) in [7, 11) is 0. The van der Waals surface area contributed by atoms with Gasteiger partial charge in [0, 0.05) is 5.33 Å². The molecule has 0 unspecified atom stereocenters. The summed E-state index contributed by atoms with van der Waals surface area (Å²) in [5.41, 5.74) is 1.23. The lowest BCUT2D eigenvalue weighted by Gasteiger charge is -2.22. The average molecular weight is 441 g/mol. The second-order valence-electron chi connectivity index (χ2n) is 4.84. The minimum atomic E-state index is 0.730. The van der Waals surface area contributed by atoms with Crippen molar-refractivity contribution in [2.24, 2.45) is 5.92 Å². The highest BCUT2D eigenvalue weighted by atomic mass is 79.9. The number of benzene rings is 1. The third kappa shape index (κ3) is 3.97. The zero-order chi connectivity index (χ0) is 13.0. The number of ether oxygens (including phenoxy) is 1. The van der Waals surface area contributed by atoms with Gasteiger partial charge in [0.1, 0.15) is 5.75 Å². The summed E-state index contributed by atoms with van der Waals surface area (Å²) in [5.74, 6) is 1.67. The van der Waals surface area contributed by atoms with Gasteiger partial charge in [0.05, 0.1) is 15.6 Å². The van der Waals surface area contributed by atoms with Crippen molar-refractivity contribution >= 4 is 47.8 Å². The summed E-state index contributed by atoms with van der Waals surface area (Å²) in [6.07, 6.45) is 6.74. The second kappa shape index (κ2) is 7.30. The van der Waals surface area contributed by atoms with Crippen LogP contribution in [0.5, 0.6) is 5.75 Å². The van der Waals surface area contributed by atoms with Crippen LogP contribution in [0.15, 0.2) is 21.1 Å². The van der Waals surface area contributed by atoms with Crippen molar-refractivity contribution in [1.82, 2.24) is 0 Å². The fourth-order valence-electron chi connectivity index (χ4n) is 2.38. The number of hydrogen-bond acceptors (Lipinski definition) is 1. The molecule has 2 rings (SSSR count). The zero-order valence-electron chi connectivity index (χ0n) is 10.2. The molecule has 0 bridgehead atoms. The highest BCUT2D eigenvalue weighted by molar-refractivity contribution is 9.11. The molecule has 1 saturated carbocycles. The minimum Gasteiger partial charge on any atom is -0.491 e. The summed E-state index contributed by atoms with van der Waals surface area (Å²) >= 11 is 10.6. The van der Waals surface area contributed by atoms with Crippen LogP contribution < -0.4 is 4.74 Å². The van der Waals surface area contributed by atoms with E-state index in [4.69, 9.17) is 4.74 Å². The van der Waals surface area contributed by atoms with E-state index in [9.17, 15) is 0 Å². The third-order valence-electron chi connectivity index (χ3n) is 3.40. The Labute approximate surface area is 134 Å². The lowest BCUT2D eigenvalue weighted by molar-refractivity contribution is 0.207. The fraction of sp³-hybridized carbons (Fsp3) is 0.571. The maximum atomic E-state index is 6.00. The number of rotatable bonds is 4. The molecule has 1 aliphatic carbocycles. The summed E-state index contributed by atoms with van der Waals surface area (Å²) < 4.78 is 8.06. The third-order valence-corrected chi connectivity index (χ3v) is 5.23. The van der Waals surface area contributed by atoms with Crippen molar-refractivity contribution in [2.45, 2.75) is 37.4 Å². The van der Waals surface area contributed by atoms with Gasteiger partial charge in [-0.15, -0.1) is 0 Å². The van der Waals surface area contributed by atoms with Crippen LogP contribution in [0.2, 0.25) is 0 Å². The molecule has 1 aliphatic rings. The van der Waals surface area contributed by atoms with E-state index >= 15 is 0 Å². The maximum absolute atomic E-state index is 6.00. The van der Waals surface area contributed by atoms with Crippen molar-refractivity contribution in [3.8, 4) is 5.75 Å². The van der Waals surface area contributed by atoms with Gasteiger partial charge in [-0.3, -0.25) is 0 Å². The molecule has 0 saturated heterocycles. The molecule has 100 valence electrons. The van der Waals surface area contributed by atoms with E-state index in [1.54, 1.807) is 0 Å². The first-order valence-corrected chi connectivity index (χ1v) is 9.08. The molecule has 1 nitrogen and oxygen atoms in total. The van der Waals surface area contributed by atoms with Crippen LogP contribution in [0, 0.1) is 5.92 Å². The Bertz CT molecular complexity index is 377. The Morgan fingerprint density at radius 3 is 2.22 bits per heavy atom. The van der Waals surface area contributed by atoms with Crippen LogP contribution in [0.4, 0.5) is 0 Å². The van der Waals surface area contributed by atoms with E-state index in [0.717, 1.165) is 32.5 Å². The SMILES string of the molecule is BrCc1cc(Br)c(OCC2CCCCC2)c(Br)c1. The zero-order valence-corrected chi connectivity index (χ0v) is 15.0. The van der Waals surface area contributed by atoms with Crippen LogP contribution in [0.1, 0.15) is 37.7 Å². The van der Waals surface area contributed by atoms with E-state index in [1.807, 2.05) is 0 Å². The molecule has 1 aromatic rings. The molecular formula is C14H17Br3O.